The van der Waals surface area contributed by atoms with Crippen molar-refractivity contribution in [2.45, 2.75) is 85.4 Å². The van der Waals surface area contributed by atoms with Crippen LogP contribution in [0.3, 0.4) is 0 Å². The summed E-state index contributed by atoms with van der Waals surface area (Å²) >= 11 is 0. The molecule has 6 aromatic carbocycles. The van der Waals surface area contributed by atoms with Gasteiger partial charge in [0.05, 0.1) is 37.6 Å². The predicted octanol–water partition coefficient (Wildman–Crippen LogP) is 14.7. The highest BCUT2D eigenvalue weighted by Gasteiger charge is 2.27. The molecule has 0 bridgehead atoms. The first-order valence-electron chi connectivity index (χ1n) is 24.9. The standard InChI is InChI=1S/C55H55N3O/c1-35-22-24-36(25-23-35)38-28-29-56-47(33-38)40-30-39(31-42(32-40)54(5,6)7)43-18-15-21-49-50(43)57-52(44-19-14-20-46(51(44)59)55(8,9)10)58(49)48-27-26-41(53(2,3)4)34-45(48)37-16-12-11-13-17-37/h11-34,59H,1-10H3/i1D3,22D,23D,24D,25D,28D,29D,33D. The van der Waals surface area contributed by atoms with Crippen LogP contribution in [0.15, 0.2) is 146 Å². The second-order valence-electron chi connectivity index (χ2n) is 18.2. The summed E-state index contributed by atoms with van der Waals surface area (Å²) in [5.41, 5.74) is 6.63. The van der Waals surface area contributed by atoms with Gasteiger partial charge in [-0.05, 0) is 111 Å². The summed E-state index contributed by atoms with van der Waals surface area (Å²) < 4.78 is 88.0. The van der Waals surface area contributed by atoms with Gasteiger partial charge in [-0.3, -0.25) is 9.55 Å². The van der Waals surface area contributed by atoms with Crippen LogP contribution in [0.4, 0.5) is 0 Å². The summed E-state index contributed by atoms with van der Waals surface area (Å²) in [6, 6.07) is 30.0. The number of benzene rings is 6. The van der Waals surface area contributed by atoms with E-state index in [0.717, 1.165) is 39.0 Å². The van der Waals surface area contributed by atoms with Gasteiger partial charge in [-0.1, -0.05) is 159 Å². The Kier molecular flexibility index (Phi) is 7.30. The lowest BCUT2D eigenvalue weighted by molar-refractivity contribution is 0.448. The molecular weight excluding hydrogens is 719 g/mol. The van der Waals surface area contributed by atoms with Gasteiger partial charge in [-0.15, -0.1) is 0 Å². The Morgan fingerprint density at radius 2 is 1.27 bits per heavy atom. The molecule has 1 N–H and O–H groups in total. The summed E-state index contributed by atoms with van der Waals surface area (Å²) in [5, 5.41) is 12.2. The minimum absolute atomic E-state index is 0.0381. The Balaban J connectivity index is 1.45. The lowest BCUT2D eigenvalue weighted by atomic mass is 9.83. The van der Waals surface area contributed by atoms with E-state index in [1.807, 2.05) is 93.6 Å². The molecule has 0 fully saturated rings. The van der Waals surface area contributed by atoms with Crippen molar-refractivity contribution in [3.63, 3.8) is 0 Å². The fourth-order valence-electron chi connectivity index (χ4n) is 7.50. The second-order valence-corrected chi connectivity index (χ2v) is 18.2. The number of phenolic OH excluding ortho intramolecular Hbond substituents is 1. The van der Waals surface area contributed by atoms with Crippen molar-refractivity contribution in [1.29, 1.82) is 0 Å². The number of aromatic nitrogens is 3. The molecule has 2 heterocycles. The number of hydrogen-bond acceptors (Lipinski definition) is 3. The molecule has 2 aromatic heterocycles. The molecule has 0 atom stereocenters. The first kappa shape index (κ1) is 29.0. The summed E-state index contributed by atoms with van der Waals surface area (Å²) in [6.07, 6.45) is -0.565. The quantitative estimate of drug-likeness (QED) is 0.183. The largest absolute Gasteiger partial charge is 0.507 e. The zero-order chi connectivity index (χ0) is 50.4. The molecule has 4 nitrogen and oxygen atoms in total. The zero-order valence-corrected chi connectivity index (χ0v) is 35.1. The lowest BCUT2D eigenvalue weighted by Crippen LogP contribution is -2.12. The number of imidazole rings is 1. The summed E-state index contributed by atoms with van der Waals surface area (Å²) in [6.45, 7) is 15.9. The van der Waals surface area contributed by atoms with Crippen molar-refractivity contribution < 1.29 is 18.8 Å². The average Bonchev–Trinajstić information content (AvgIpc) is 3.66. The van der Waals surface area contributed by atoms with Gasteiger partial charge in [0.2, 0.25) is 0 Å². The second kappa shape index (κ2) is 14.8. The number of pyridine rings is 1. The summed E-state index contributed by atoms with van der Waals surface area (Å²) in [4.78, 5) is 9.90. The molecule has 0 spiro atoms. The fourth-order valence-corrected chi connectivity index (χ4v) is 7.50. The van der Waals surface area contributed by atoms with Crippen LogP contribution in [0.25, 0.3) is 72.7 Å². The maximum atomic E-state index is 12.2. The highest BCUT2D eigenvalue weighted by atomic mass is 16.3. The van der Waals surface area contributed by atoms with Crippen molar-refractivity contribution in [3.05, 3.63) is 168 Å². The van der Waals surface area contributed by atoms with E-state index in [4.69, 9.17) is 17.3 Å². The number of nitrogens with zero attached hydrogens (tertiary/aromatic N) is 3. The van der Waals surface area contributed by atoms with Crippen molar-refractivity contribution in [1.82, 2.24) is 14.5 Å². The van der Waals surface area contributed by atoms with Crippen LogP contribution in [0.1, 0.15) is 98.3 Å². The van der Waals surface area contributed by atoms with Gasteiger partial charge in [-0.25, -0.2) is 4.98 Å². The zero-order valence-electron chi connectivity index (χ0n) is 45.1. The fraction of sp³-hybridized carbons (Fsp3) is 0.236. The number of phenols is 1. The topological polar surface area (TPSA) is 50.9 Å². The first-order chi connectivity index (χ1) is 32.1. The predicted molar refractivity (Wildman–Crippen MR) is 249 cm³/mol. The van der Waals surface area contributed by atoms with E-state index >= 15 is 0 Å². The van der Waals surface area contributed by atoms with E-state index in [-0.39, 0.29) is 22.4 Å². The van der Waals surface area contributed by atoms with Crippen LogP contribution in [0.5, 0.6) is 5.75 Å². The molecule has 8 rings (SSSR count). The van der Waals surface area contributed by atoms with Crippen molar-refractivity contribution >= 4 is 11.0 Å². The number of rotatable bonds is 6. The molecule has 0 amide bonds. The maximum absolute atomic E-state index is 12.2. The molecule has 0 saturated heterocycles. The highest BCUT2D eigenvalue weighted by molar-refractivity contribution is 5.98. The molecule has 8 aromatic rings. The molecule has 0 unspecified atom stereocenters. The Bertz CT molecular complexity index is 3330. The van der Waals surface area contributed by atoms with Crippen molar-refractivity contribution in [2.24, 2.45) is 0 Å². The molecular formula is C55H55N3O. The van der Waals surface area contributed by atoms with Gasteiger partial charge < -0.3 is 5.11 Å². The maximum Gasteiger partial charge on any atom is 0.149 e. The van der Waals surface area contributed by atoms with E-state index in [1.165, 1.54) is 0 Å². The minimum atomic E-state index is -2.96. The van der Waals surface area contributed by atoms with Gasteiger partial charge >= 0.3 is 0 Å². The molecule has 0 aliphatic carbocycles. The van der Waals surface area contributed by atoms with Gasteiger partial charge in [0.15, 0.2) is 0 Å². The van der Waals surface area contributed by atoms with Gasteiger partial charge in [0.1, 0.15) is 11.6 Å². The Morgan fingerprint density at radius 3 is 1.97 bits per heavy atom. The molecule has 59 heavy (non-hydrogen) atoms. The van der Waals surface area contributed by atoms with Gasteiger partial charge in [-0.2, -0.15) is 0 Å². The molecule has 4 heteroatoms. The monoisotopic (exact) mass is 783 g/mol. The average molecular weight is 784 g/mol. The smallest absolute Gasteiger partial charge is 0.149 e. The third-order valence-corrected chi connectivity index (χ3v) is 10.8. The lowest BCUT2D eigenvalue weighted by Gasteiger charge is -2.24. The SMILES string of the molecule is [2H]c1nc(-c2cc(-c3cccc4c3nc(-c3cccc(C(C)(C)C)c3O)n4-c3ccc(C(C)(C)C)cc3-c3ccccc3)cc(C(C)(C)C)c2)c([2H])c(-c2c([2H])c([2H])c(C([2H])([2H])[2H])c([2H])c2[2H])c1[2H]. The van der Waals surface area contributed by atoms with Crippen LogP contribution in [0.2, 0.25) is 0 Å². The Morgan fingerprint density at radius 1 is 0.576 bits per heavy atom. The Hall–Kier alpha value is -6.26. The molecule has 0 aliphatic heterocycles. The van der Waals surface area contributed by atoms with Crippen molar-refractivity contribution in [3.8, 4) is 67.5 Å². The number of para-hydroxylation sites is 2. The highest BCUT2D eigenvalue weighted by Crippen LogP contribution is 2.44. The Labute approximate surface area is 364 Å². The minimum Gasteiger partial charge on any atom is -0.507 e. The van der Waals surface area contributed by atoms with E-state index in [9.17, 15) is 6.48 Å². The molecule has 0 saturated carbocycles. The summed E-state index contributed by atoms with van der Waals surface area (Å²) in [7, 11) is 0. The van der Waals surface area contributed by atoms with E-state index in [0.29, 0.717) is 33.6 Å². The normalized spacial score (nSPS) is 14.9. The van der Waals surface area contributed by atoms with Crippen LogP contribution in [0, 0.1) is 6.85 Å². The van der Waals surface area contributed by atoms with Crippen molar-refractivity contribution in [2.75, 3.05) is 0 Å². The third-order valence-electron chi connectivity index (χ3n) is 10.8. The number of hydrogen-bond donors (Lipinski definition) is 1. The third kappa shape index (κ3) is 7.72. The number of fused-ring (bicyclic) bond motifs is 1. The van der Waals surface area contributed by atoms with Crippen LogP contribution >= 0.6 is 0 Å². The van der Waals surface area contributed by atoms with Gasteiger partial charge in [0.25, 0.3) is 0 Å². The van der Waals surface area contributed by atoms with Crippen LogP contribution in [-0.2, 0) is 16.2 Å². The molecule has 296 valence electrons. The van der Waals surface area contributed by atoms with Gasteiger partial charge in [0, 0.05) is 27.0 Å². The van der Waals surface area contributed by atoms with E-state index < -0.39 is 71.2 Å². The number of aromatic hydroxyl groups is 1. The summed E-state index contributed by atoms with van der Waals surface area (Å²) in [5.74, 6) is 0.638. The molecule has 0 radical (unpaired) electrons. The molecule has 0 aliphatic rings. The van der Waals surface area contributed by atoms with Crippen LogP contribution < -0.4 is 0 Å². The van der Waals surface area contributed by atoms with Crippen LogP contribution in [-0.4, -0.2) is 19.6 Å². The van der Waals surface area contributed by atoms with E-state index in [2.05, 4.69) is 81.4 Å². The first-order valence-corrected chi connectivity index (χ1v) is 19.9. The van der Waals surface area contributed by atoms with E-state index in [1.54, 1.807) is 0 Å².